The summed E-state index contributed by atoms with van der Waals surface area (Å²) >= 11 is 0. The van der Waals surface area contributed by atoms with Crippen molar-refractivity contribution in [1.29, 1.82) is 0 Å². The van der Waals surface area contributed by atoms with E-state index in [1.165, 1.54) is 0 Å². The van der Waals surface area contributed by atoms with Crippen molar-refractivity contribution < 1.29 is 41.1 Å². The van der Waals surface area contributed by atoms with Crippen molar-refractivity contribution in [2.24, 2.45) is 5.73 Å². The van der Waals surface area contributed by atoms with Crippen molar-refractivity contribution in [2.45, 2.75) is 43.9 Å². The van der Waals surface area contributed by atoms with Gasteiger partial charge in [-0.05, 0) is 31.0 Å². The third-order valence-electron chi connectivity index (χ3n) is 5.59. The van der Waals surface area contributed by atoms with Gasteiger partial charge in [-0.1, -0.05) is 6.42 Å². The minimum absolute atomic E-state index is 0.0585. The Hall–Kier alpha value is -2.80. The Morgan fingerprint density at radius 1 is 1.27 bits per heavy atom. The SMILES string of the molecule is NC(=O)[C@H](C(=O)Nc1ccc(N2CCOCC2=O)c(C(F)(F)F)c1)N(CC(F)F)C1CCC1. The van der Waals surface area contributed by atoms with Crippen molar-refractivity contribution in [3.05, 3.63) is 23.8 Å². The Balaban J connectivity index is 1.88. The van der Waals surface area contributed by atoms with Gasteiger partial charge in [0.2, 0.25) is 5.91 Å². The van der Waals surface area contributed by atoms with Crippen LogP contribution in [0.2, 0.25) is 0 Å². The molecule has 1 aromatic carbocycles. The number of nitrogens with zero attached hydrogens (tertiary/aromatic N) is 2. The van der Waals surface area contributed by atoms with Crippen LogP contribution in [0, 0.1) is 0 Å². The normalized spacial score (nSPS) is 18.4. The third kappa shape index (κ3) is 5.77. The van der Waals surface area contributed by atoms with Crippen LogP contribution in [0.25, 0.3) is 0 Å². The highest BCUT2D eigenvalue weighted by molar-refractivity contribution is 6.09. The Morgan fingerprint density at radius 3 is 2.48 bits per heavy atom. The molecule has 1 saturated heterocycles. The van der Waals surface area contributed by atoms with E-state index in [0.29, 0.717) is 18.9 Å². The average molecular weight is 478 g/mol. The summed E-state index contributed by atoms with van der Waals surface area (Å²) in [6.45, 7) is -1.26. The van der Waals surface area contributed by atoms with Crippen molar-refractivity contribution in [3.8, 4) is 0 Å². The molecule has 1 aliphatic carbocycles. The number of halogens is 5. The van der Waals surface area contributed by atoms with Crippen molar-refractivity contribution in [3.63, 3.8) is 0 Å². The smallest absolute Gasteiger partial charge is 0.370 e. The fourth-order valence-electron chi connectivity index (χ4n) is 3.85. The number of alkyl halides is 5. The maximum absolute atomic E-state index is 13.7. The minimum atomic E-state index is -4.87. The molecule has 1 saturated carbocycles. The molecule has 3 N–H and O–H groups in total. The van der Waals surface area contributed by atoms with Gasteiger partial charge in [-0.2, -0.15) is 13.2 Å². The number of carbonyl (C=O) groups is 3. The largest absolute Gasteiger partial charge is 0.418 e. The molecule has 0 aromatic heterocycles. The second-order valence-corrected chi connectivity index (χ2v) is 7.79. The molecule has 1 heterocycles. The van der Waals surface area contributed by atoms with Crippen molar-refractivity contribution in [2.75, 3.05) is 36.5 Å². The Bertz CT molecular complexity index is 907. The van der Waals surface area contributed by atoms with Crippen LogP contribution in [0.4, 0.5) is 33.3 Å². The van der Waals surface area contributed by atoms with E-state index in [2.05, 4.69) is 5.32 Å². The quantitative estimate of drug-likeness (QED) is 0.439. The number of morpholine rings is 1. The first-order valence-corrected chi connectivity index (χ1v) is 10.2. The molecular formula is C20H23F5N4O4. The highest BCUT2D eigenvalue weighted by Crippen LogP contribution is 2.39. The summed E-state index contributed by atoms with van der Waals surface area (Å²) in [6.07, 6.45) is -6.00. The zero-order valence-electron chi connectivity index (χ0n) is 17.4. The topological polar surface area (TPSA) is 105 Å². The molecule has 0 radical (unpaired) electrons. The number of anilines is 2. The number of amides is 3. The first kappa shape index (κ1) is 24.8. The van der Waals surface area contributed by atoms with E-state index in [4.69, 9.17) is 10.5 Å². The lowest BCUT2D eigenvalue weighted by Crippen LogP contribution is -2.58. The van der Waals surface area contributed by atoms with Gasteiger partial charge in [0.25, 0.3) is 18.2 Å². The summed E-state index contributed by atoms with van der Waals surface area (Å²) in [6, 6.07) is 0.532. The number of hydrogen-bond donors (Lipinski definition) is 2. The number of hydrogen-bond acceptors (Lipinski definition) is 5. The highest BCUT2D eigenvalue weighted by atomic mass is 19.4. The van der Waals surface area contributed by atoms with Gasteiger partial charge < -0.3 is 20.7 Å². The zero-order valence-corrected chi connectivity index (χ0v) is 17.4. The van der Waals surface area contributed by atoms with Gasteiger partial charge in [0.1, 0.15) is 6.61 Å². The molecule has 8 nitrogen and oxygen atoms in total. The van der Waals surface area contributed by atoms with Crippen LogP contribution >= 0.6 is 0 Å². The molecule has 1 aliphatic heterocycles. The Kier molecular flexibility index (Phi) is 7.52. The van der Waals surface area contributed by atoms with E-state index in [-0.39, 0.29) is 25.4 Å². The van der Waals surface area contributed by atoms with Crippen LogP contribution in [-0.4, -0.2) is 67.4 Å². The van der Waals surface area contributed by atoms with Crippen LogP contribution in [0.5, 0.6) is 0 Å². The van der Waals surface area contributed by atoms with Gasteiger partial charge in [-0.3, -0.25) is 19.3 Å². The van der Waals surface area contributed by atoms with Crippen LogP contribution in [0.15, 0.2) is 18.2 Å². The van der Waals surface area contributed by atoms with E-state index >= 15 is 0 Å². The average Bonchev–Trinajstić information content (AvgIpc) is 2.66. The molecule has 3 rings (SSSR count). The second-order valence-electron chi connectivity index (χ2n) is 7.79. The van der Waals surface area contributed by atoms with Crippen LogP contribution in [0.3, 0.4) is 0 Å². The summed E-state index contributed by atoms with van der Waals surface area (Å²) in [5.41, 5.74) is 3.38. The summed E-state index contributed by atoms with van der Waals surface area (Å²) in [5, 5.41) is 2.18. The molecule has 1 atom stereocenters. The lowest BCUT2D eigenvalue weighted by Gasteiger charge is -2.40. The number of primary amides is 1. The van der Waals surface area contributed by atoms with E-state index in [1.807, 2.05) is 0 Å². The molecule has 33 heavy (non-hydrogen) atoms. The summed E-state index contributed by atoms with van der Waals surface area (Å²) in [4.78, 5) is 38.7. The predicted octanol–water partition coefficient (Wildman–Crippen LogP) is 1.98. The number of benzene rings is 1. The van der Waals surface area contributed by atoms with Gasteiger partial charge in [0.05, 0.1) is 24.4 Å². The first-order valence-electron chi connectivity index (χ1n) is 10.2. The van der Waals surface area contributed by atoms with Crippen LogP contribution < -0.4 is 16.0 Å². The van der Waals surface area contributed by atoms with E-state index in [0.717, 1.165) is 28.4 Å². The minimum Gasteiger partial charge on any atom is -0.370 e. The first-order chi connectivity index (χ1) is 15.5. The second kappa shape index (κ2) is 10.00. The van der Waals surface area contributed by atoms with E-state index < -0.39 is 60.2 Å². The fourth-order valence-corrected chi connectivity index (χ4v) is 3.85. The summed E-state index contributed by atoms with van der Waals surface area (Å²) in [5.74, 6) is -2.95. The highest BCUT2D eigenvalue weighted by Gasteiger charge is 2.40. The molecule has 1 aromatic rings. The third-order valence-corrected chi connectivity index (χ3v) is 5.59. The van der Waals surface area contributed by atoms with Gasteiger partial charge in [-0.25, -0.2) is 8.78 Å². The van der Waals surface area contributed by atoms with Gasteiger partial charge in [0, 0.05) is 18.3 Å². The maximum Gasteiger partial charge on any atom is 0.418 e. The van der Waals surface area contributed by atoms with Crippen LogP contribution in [0.1, 0.15) is 24.8 Å². The van der Waals surface area contributed by atoms with Gasteiger partial charge in [-0.15, -0.1) is 0 Å². The number of rotatable bonds is 8. The molecule has 13 heteroatoms. The standard InChI is InChI=1S/C20H23F5N4O4/c21-15(22)9-29(12-2-1-3-12)17(18(26)31)19(32)27-11-4-5-14(13(8-11)20(23,24)25)28-6-7-33-10-16(28)30/h4-5,8,12,15,17H,1-3,6-7,9-10H2,(H2,26,31)(H,27,32)/t17-/m1/s1. The number of ether oxygens (including phenoxy) is 1. The molecule has 2 aliphatic rings. The maximum atomic E-state index is 13.7. The van der Waals surface area contributed by atoms with Gasteiger partial charge in [0.15, 0.2) is 6.04 Å². The molecule has 2 fully saturated rings. The number of nitrogens with two attached hydrogens (primary N) is 1. The zero-order chi connectivity index (χ0) is 24.3. The van der Waals surface area contributed by atoms with Gasteiger partial charge >= 0.3 is 6.18 Å². The molecule has 0 spiro atoms. The Labute approximate surface area is 185 Å². The summed E-state index contributed by atoms with van der Waals surface area (Å²) in [7, 11) is 0. The molecule has 182 valence electrons. The van der Waals surface area contributed by atoms with Crippen LogP contribution in [-0.2, 0) is 25.3 Å². The molecule has 0 bridgehead atoms. The predicted molar refractivity (Wildman–Crippen MR) is 107 cm³/mol. The molecular weight excluding hydrogens is 455 g/mol. The monoisotopic (exact) mass is 478 g/mol. The lowest BCUT2D eigenvalue weighted by molar-refractivity contribution is -0.138. The number of carbonyl (C=O) groups excluding carboxylic acids is 3. The van der Waals surface area contributed by atoms with E-state index in [1.54, 1.807) is 0 Å². The molecule has 3 amide bonds. The molecule has 0 unspecified atom stereocenters. The number of nitrogens with one attached hydrogen (secondary N) is 1. The lowest BCUT2D eigenvalue weighted by atomic mass is 9.90. The Morgan fingerprint density at radius 2 is 1.97 bits per heavy atom. The summed E-state index contributed by atoms with van der Waals surface area (Å²) < 4.78 is 72.2. The van der Waals surface area contributed by atoms with Crippen molar-refractivity contribution in [1.82, 2.24) is 4.90 Å². The van der Waals surface area contributed by atoms with E-state index in [9.17, 15) is 36.3 Å². The fraction of sp³-hybridized carbons (Fsp3) is 0.550. The van der Waals surface area contributed by atoms with Crippen molar-refractivity contribution >= 4 is 29.1 Å².